The highest BCUT2D eigenvalue weighted by Crippen LogP contribution is 2.32. The molecular weight excluding hydrogens is 343 g/mol. The summed E-state index contributed by atoms with van der Waals surface area (Å²) in [4.78, 5) is -0.00306. The lowest BCUT2D eigenvalue weighted by Crippen LogP contribution is -2.41. The van der Waals surface area contributed by atoms with Gasteiger partial charge in [-0.3, -0.25) is 4.21 Å². The molecule has 1 saturated heterocycles. The van der Waals surface area contributed by atoms with Crippen LogP contribution >= 0.6 is 23.2 Å². The summed E-state index contributed by atoms with van der Waals surface area (Å²) >= 11 is 12.1. The Morgan fingerprint density at radius 2 is 1.85 bits per heavy atom. The van der Waals surface area contributed by atoms with Gasteiger partial charge in [-0.25, -0.2) is 8.42 Å². The molecule has 5 nitrogen and oxygen atoms in total. The molecule has 1 aliphatic rings. The highest BCUT2D eigenvalue weighted by Gasteiger charge is 2.30. The summed E-state index contributed by atoms with van der Waals surface area (Å²) in [6, 6.07) is 2.86. The van der Waals surface area contributed by atoms with E-state index in [0.717, 1.165) is 0 Å². The molecule has 0 radical (unpaired) electrons. The van der Waals surface area contributed by atoms with Crippen molar-refractivity contribution < 1.29 is 12.6 Å². The van der Waals surface area contributed by atoms with Crippen LogP contribution in [0.5, 0.6) is 0 Å². The summed E-state index contributed by atoms with van der Waals surface area (Å²) in [6.45, 7) is 0.517. The molecule has 0 atom stereocenters. The number of sulfonamides is 1. The first kappa shape index (κ1) is 16.2. The van der Waals surface area contributed by atoms with Crippen molar-refractivity contribution in [3.8, 4) is 0 Å². The van der Waals surface area contributed by atoms with Crippen LogP contribution in [0.25, 0.3) is 0 Å². The quantitative estimate of drug-likeness (QED) is 0.882. The molecule has 0 saturated carbocycles. The largest absolute Gasteiger partial charge is 0.326 e. The third kappa shape index (κ3) is 3.03. The average Bonchev–Trinajstić information content (AvgIpc) is 2.39. The van der Waals surface area contributed by atoms with Gasteiger partial charge >= 0.3 is 0 Å². The second-order valence-electron chi connectivity index (χ2n) is 4.29. The number of hydrogen-bond acceptors (Lipinski definition) is 4. The number of nitrogens with two attached hydrogens (primary N) is 1. The van der Waals surface area contributed by atoms with Crippen LogP contribution in [0.1, 0.15) is 5.56 Å². The summed E-state index contributed by atoms with van der Waals surface area (Å²) in [6.07, 6.45) is 0. The molecule has 2 rings (SSSR count). The maximum atomic E-state index is 12.6. The lowest BCUT2D eigenvalue weighted by molar-refractivity contribution is 0.438. The molecule has 2 N–H and O–H groups in total. The van der Waals surface area contributed by atoms with E-state index in [-0.39, 0.29) is 29.6 Å². The van der Waals surface area contributed by atoms with Crippen molar-refractivity contribution >= 4 is 44.0 Å². The fourth-order valence-electron chi connectivity index (χ4n) is 1.96. The Kier molecular flexibility index (Phi) is 5.09. The number of rotatable bonds is 3. The summed E-state index contributed by atoms with van der Waals surface area (Å²) < 4.78 is 37.7. The van der Waals surface area contributed by atoms with Crippen molar-refractivity contribution in [1.82, 2.24) is 4.31 Å². The van der Waals surface area contributed by atoms with Crippen LogP contribution in [0.3, 0.4) is 0 Å². The van der Waals surface area contributed by atoms with E-state index >= 15 is 0 Å². The van der Waals surface area contributed by atoms with Crippen LogP contribution in [-0.2, 0) is 27.4 Å². The van der Waals surface area contributed by atoms with Crippen LogP contribution in [0.15, 0.2) is 17.0 Å². The average molecular weight is 357 g/mol. The zero-order valence-electron chi connectivity index (χ0n) is 10.5. The molecule has 1 aromatic carbocycles. The van der Waals surface area contributed by atoms with E-state index in [9.17, 15) is 12.6 Å². The van der Waals surface area contributed by atoms with E-state index in [1.165, 1.54) is 16.4 Å². The van der Waals surface area contributed by atoms with E-state index in [1.54, 1.807) is 0 Å². The van der Waals surface area contributed by atoms with Gasteiger partial charge in [0.2, 0.25) is 10.0 Å². The molecule has 20 heavy (non-hydrogen) atoms. The monoisotopic (exact) mass is 356 g/mol. The normalized spacial score (nSPS) is 18.4. The number of hydrogen-bond donors (Lipinski definition) is 1. The molecule has 1 fully saturated rings. The maximum absolute atomic E-state index is 12.6. The molecule has 0 aromatic heterocycles. The SMILES string of the molecule is NCc1c(Cl)ccc(S(=O)(=O)N2CCS(=O)CC2)c1Cl. The minimum absolute atomic E-state index is 0.00306. The highest BCUT2D eigenvalue weighted by atomic mass is 35.5. The summed E-state index contributed by atoms with van der Waals surface area (Å²) in [5.41, 5.74) is 5.95. The predicted octanol–water partition coefficient (Wildman–Crippen LogP) is 1.21. The zero-order chi connectivity index (χ0) is 14.9. The smallest absolute Gasteiger partial charge is 0.244 e. The minimum atomic E-state index is -3.71. The molecule has 0 unspecified atom stereocenters. The first-order chi connectivity index (χ1) is 9.37. The second kappa shape index (κ2) is 6.29. The predicted molar refractivity (Wildman–Crippen MR) is 81.0 cm³/mol. The summed E-state index contributed by atoms with van der Waals surface area (Å²) in [5.74, 6) is 0.683. The van der Waals surface area contributed by atoms with Gasteiger partial charge in [0.25, 0.3) is 0 Å². The van der Waals surface area contributed by atoms with Crippen molar-refractivity contribution in [2.45, 2.75) is 11.4 Å². The van der Waals surface area contributed by atoms with Gasteiger partial charge in [0, 0.05) is 52.5 Å². The topological polar surface area (TPSA) is 80.5 Å². The van der Waals surface area contributed by atoms with Crippen molar-refractivity contribution in [2.75, 3.05) is 24.6 Å². The summed E-state index contributed by atoms with van der Waals surface area (Å²) in [5, 5.41) is 0.405. The van der Waals surface area contributed by atoms with Crippen molar-refractivity contribution in [3.63, 3.8) is 0 Å². The Bertz CT molecular complexity index is 639. The van der Waals surface area contributed by atoms with Crippen LogP contribution in [0.4, 0.5) is 0 Å². The zero-order valence-corrected chi connectivity index (χ0v) is 13.7. The number of benzene rings is 1. The van der Waals surface area contributed by atoms with Crippen LogP contribution in [-0.4, -0.2) is 41.5 Å². The Morgan fingerprint density at radius 1 is 1.25 bits per heavy atom. The van der Waals surface area contributed by atoms with E-state index < -0.39 is 20.8 Å². The van der Waals surface area contributed by atoms with Crippen molar-refractivity contribution in [2.24, 2.45) is 5.73 Å². The lowest BCUT2D eigenvalue weighted by atomic mass is 10.2. The van der Waals surface area contributed by atoms with E-state index in [2.05, 4.69) is 0 Å². The Balaban J connectivity index is 2.42. The molecule has 9 heteroatoms. The van der Waals surface area contributed by atoms with Crippen LogP contribution in [0, 0.1) is 0 Å². The highest BCUT2D eigenvalue weighted by molar-refractivity contribution is 7.89. The van der Waals surface area contributed by atoms with Gasteiger partial charge in [0.05, 0.1) is 5.02 Å². The molecule has 1 aliphatic heterocycles. The summed E-state index contributed by atoms with van der Waals surface area (Å²) in [7, 11) is -4.66. The van der Waals surface area contributed by atoms with Crippen LogP contribution in [0.2, 0.25) is 10.0 Å². The minimum Gasteiger partial charge on any atom is -0.326 e. The molecule has 0 aliphatic carbocycles. The van der Waals surface area contributed by atoms with Gasteiger partial charge < -0.3 is 5.73 Å². The fourth-order valence-corrected chi connectivity index (χ4v) is 5.59. The van der Waals surface area contributed by atoms with Crippen molar-refractivity contribution in [3.05, 3.63) is 27.7 Å². The van der Waals surface area contributed by atoms with Crippen LogP contribution < -0.4 is 5.73 Å². The van der Waals surface area contributed by atoms with Gasteiger partial charge in [0.1, 0.15) is 4.90 Å². The van der Waals surface area contributed by atoms with Gasteiger partial charge in [-0.15, -0.1) is 0 Å². The van der Waals surface area contributed by atoms with E-state index in [0.29, 0.717) is 22.1 Å². The Morgan fingerprint density at radius 3 is 2.40 bits per heavy atom. The molecule has 0 bridgehead atoms. The Hall–Kier alpha value is -0.180. The first-order valence-corrected chi connectivity index (χ1v) is 9.58. The third-order valence-corrected chi connectivity index (χ3v) is 7.22. The maximum Gasteiger partial charge on any atom is 0.244 e. The standard InChI is InChI=1S/C11H14Cl2N2O3S2/c12-9-1-2-10(11(13)8(9)7-14)20(17,18)15-3-5-19(16)6-4-15/h1-2H,3-7,14H2. The molecule has 0 amide bonds. The Labute approximate surface area is 130 Å². The molecule has 1 aromatic rings. The van der Waals surface area contributed by atoms with Gasteiger partial charge in [-0.05, 0) is 12.1 Å². The van der Waals surface area contributed by atoms with Gasteiger partial charge in [-0.1, -0.05) is 23.2 Å². The molecule has 1 heterocycles. The molecular formula is C11H14Cl2N2O3S2. The van der Waals surface area contributed by atoms with Crippen molar-refractivity contribution in [1.29, 1.82) is 0 Å². The van der Waals surface area contributed by atoms with E-state index in [1.807, 2.05) is 0 Å². The lowest BCUT2D eigenvalue weighted by Gasteiger charge is -2.26. The molecule has 112 valence electrons. The first-order valence-electron chi connectivity index (χ1n) is 5.90. The molecule has 0 spiro atoms. The van der Waals surface area contributed by atoms with Gasteiger partial charge in [0.15, 0.2) is 0 Å². The number of halogens is 2. The van der Waals surface area contributed by atoms with E-state index in [4.69, 9.17) is 28.9 Å². The van der Waals surface area contributed by atoms with Gasteiger partial charge in [-0.2, -0.15) is 4.31 Å². The second-order valence-corrected chi connectivity index (χ2v) is 8.68. The fraction of sp³-hybridized carbons (Fsp3) is 0.455. The third-order valence-electron chi connectivity index (χ3n) is 3.11. The number of nitrogens with zero attached hydrogens (tertiary/aromatic N) is 1.